The van der Waals surface area contributed by atoms with Crippen molar-refractivity contribution in [1.82, 2.24) is 4.90 Å². The summed E-state index contributed by atoms with van der Waals surface area (Å²) >= 11 is 0. The first-order valence-electron chi connectivity index (χ1n) is 9.35. The van der Waals surface area contributed by atoms with Crippen molar-refractivity contribution in [3.8, 4) is 0 Å². The van der Waals surface area contributed by atoms with Gasteiger partial charge in [-0.3, -0.25) is 0 Å². The molecule has 2 aliphatic carbocycles. The van der Waals surface area contributed by atoms with E-state index < -0.39 is 0 Å². The lowest BCUT2D eigenvalue weighted by Crippen LogP contribution is -2.41. The lowest BCUT2D eigenvalue weighted by Gasteiger charge is -2.39. The summed E-state index contributed by atoms with van der Waals surface area (Å²) in [6, 6.07) is 0.664. The van der Waals surface area contributed by atoms with Crippen molar-refractivity contribution in [3.05, 3.63) is 0 Å². The summed E-state index contributed by atoms with van der Waals surface area (Å²) < 4.78 is 6.06. The second kappa shape index (κ2) is 8.12. The molecule has 2 saturated carbocycles. The van der Waals surface area contributed by atoms with Crippen molar-refractivity contribution in [2.75, 3.05) is 20.2 Å². The fraction of sp³-hybridized carbons (Fsp3) is 1.00. The van der Waals surface area contributed by atoms with E-state index in [1.807, 2.05) is 0 Å². The molecule has 2 aliphatic rings. The molecule has 3 unspecified atom stereocenters. The molecule has 0 amide bonds. The summed E-state index contributed by atoms with van der Waals surface area (Å²) in [7, 11) is 2.16. The van der Waals surface area contributed by atoms with Crippen LogP contribution in [0, 0.1) is 11.3 Å². The molecule has 3 heteroatoms. The quantitative estimate of drug-likeness (QED) is 0.809. The van der Waals surface area contributed by atoms with E-state index in [0.29, 0.717) is 24.2 Å². The van der Waals surface area contributed by atoms with Crippen molar-refractivity contribution in [2.45, 2.75) is 90.4 Å². The maximum absolute atomic E-state index is 10.3. The highest BCUT2D eigenvalue weighted by Gasteiger charge is 2.32. The predicted molar refractivity (Wildman–Crippen MR) is 92.0 cm³/mol. The normalized spacial score (nSPS) is 31.4. The van der Waals surface area contributed by atoms with Crippen LogP contribution in [-0.2, 0) is 4.74 Å². The Balaban J connectivity index is 1.69. The van der Waals surface area contributed by atoms with Crippen LogP contribution in [0.4, 0.5) is 0 Å². The third-order valence-electron chi connectivity index (χ3n) is 5.57. The van der Waals surface area contributed by atoms with Crippen LogP contribution in [0.25, 0.3) is 0 Å². The number of likely N-dealkylation sites (N-methyl/N-ethyl adjacent to an activating group) is 1. The first kappa shape index (κ1) is 18.2. The third kappa shape index (κ3) is 5.82. The number of hydrogen-bond donors (Lipinski definition) is 1. The van der Waals surface area contributed by atoms with E-state index in [1.54, 1.807) is 0 Å². The highest BCUT2D eigenvalue weighted by atomic mass is 16.5. The fourth-order valence-electron chi connectivity index (χ4n) is 4.69. The van der Waals surface area contributed by atoms with E-state index in [0.717, 1.165) is 25.3 Å². The minimum absolute atomic E-state index is 0.327. The van der Waals surface area contributed by atoms with Crippen molar-refractivity contribution in [1.29, 1.82) is 0 Å². The molecule has 2 rings (SSSR count). The van der Waals surface area contributed by atoms with E-state index in [4.69, 9.17) is 4.74 Å². The Bertz CT molecular complexity index is 325. The van der Waals surface area contributed by atoms with Gasteiger partial charge in [0.2, 0.25) is 0 Å². The van der Waals surface area contributed by atoms with E-state index in [-0.39, 0.29) is 6.10 Å². The molecule has 3 nitrogen and oxygen atoms in total. The summed E-state index contributed by atoms with van der Waals surface area (Å²) in [6.07, 6.45) is 10.2. The number of aliphatic hydroxyl groups is 1. The SMILES string of the molecule is CC1CC(OCC(O)CN(C)C2CCCCC2)CC(C)(C)C1. The highest BCUT2D eigenvalue weighted by Crippen LogP contribution is 2.39. The van der Waals surface area contributed by atoms with Gasteiger partial charge in [-0.15, -0.1) is 0 Å². The van der Waals surface area contributed by atoms with Crippen molar-refractivity contribution >= 4 is 0 Å². The zero-order valence-electron chi connectivity index (χ0n) is 15.2. The summed E-state index contributed by atoms with van der Waals surface area (Å²) in [4.78, 5) is 2.35. The molecule has 0 saturated heterocycles. The van der Waals surface area contributed by atoms with Crippen molar-refractivity contribution in [3.63, 3.8) is 0 Å². The van der Waals surface area contributed by atoms with Gasteiger partial charge in [-0.25, -0.2) is 0 Å². The van der Waals surface area contributed by atoms with Gasteiger partial charge < -0.3 is 14.7 Å². The number of ether oxygens (including phenoxy) is 1. The van der Waals surface area contributed by atoms with Gasteiger partial charge in [-0.1, -0.05) is 40.0 Å². The Morgan fingerprint density at radius 3 is 2.50 bits per heavy atom. The molecule has 1 N–H and O–H groups in total. The van der Waals surface area contributed by atoms with Crippen LogP contribution in [0.1, 0.15) is 72.1 Å². The Kier molecular flexibility index (Phi) is 6.73. The van der Waals surface area contributed by atoms with Crippen LogP contribution in [0.15, 0.2) is 0 Å². The summed E-state index contributed by atoms with van der Waals surface area (Å²) in [5, 5.41) is 10.3. The minimum atomic E-state index is -0.354. The van der Waals surface area contributed by atoms with E-state index in [1.165, 1.54) is 38.5 Å². The molecule has 0 heterocycles. The molecule has 0 aliphatic heterocycles. The molecule has 0 bridgehead atoms. The predicted octanol–water partition coefficient (Wildman–Crippen LogP) is 3.84. The van der Waals surface area contributed by atoms with Gasteiger partial charge in [0.15, 0.2) is 0 Å². The van der Waals surface area contributed by atoms with E-state index >= 15 is 0 Å². The van der Waals surface area contributed by atoms with Gasteiger partial charge in [-0.05, 0) is 50.5 Å². The van der Waals surface area contributed by atoms with Crippen LogP contribution >= 0.6 is 0 Å². The molecule has 2 fully saturated rings. The lowest BCUT2D eigenvalue weighted by atomic mass is 9.71. The molecular weight excluding hydrogens is 274 g/mol. The largest absolute Gasteiger partial charge is 0.389 e. The van der Waals surface area contributed by atoms with Gasteiger partial charge in [0.25, 0.3) is 0 Å². The van der Waals surface area contributed by atoms with Gasteiger partial charge in [-0.2, -0.15) is 0 Å². The zero-order valence-corrected chi connectivity index (χ0v) is 15.2. The number of aliphatic hydroxyl groups excluding tert-OH is 1. The smallest absolute Gasteiger partial charge is 0.0900 e. The summed E-state index contributed by atoms with van der Waals surface area (Å²) in [6.45, 7) is 8.24. The number of hydrogen-bond acceptors (Lipinski definition) is 3. The molecule has 3 atom stereocenters. The molecule has 22 heavy (non-hydrogen) atoms. The molecular formula is C19H37NO2. The van der Waals surface area contributed by atoms with Crippen LogP contribution in [0.2, 0.25) is 0 Å². The number of nitrogens with zero attached hydrogens (tertiary/aromatic N) is 1. The second-order valence-corrected chi connectivity index (χ2v) is 8.75. The first-order chi connectivity index (χ1) is 10.4. The van der Waals surface area contributed by atoms with Crippen LogP contribution < -0.4 is 0 Å². The molecule has 0 aromatic rings. The average Bonchev–Trinajstić information content (AvgIpc) is 2.44. The van der Waals surface area contributed by atoms with E-state index in [2.05, 4.69) is 32.7 Å². The lowest BCUT2D eigenvalue weighted by molar-refractivity contribution is -0.0626. The Labute approximate surface area is 137 Å². The van der Waals surface area contributed by atoms with Gasteiger partial charge in [0, 0.05) is 12.6 Å². The topological polar surface area (TPSA) is 32.7 Å². The highest BCUT2D eigenvalue weighted by molar-refractivity contribution is 4.84. The van der Waals surface area contributed by atoms with Gasteiger partial charge in [0.05, 0.1) is 18.8 Å². The number of rotatable bonds is 6. The van der Waals surface area contributed by atoms with Crippen LogP contribution in [0.5, 0.6) is 0 Å². The maximum Gasteiger partial charge on any atom is 0.0900 e. The van der Waals surface area contributed by atoms with Crippen molar-refractivity contribution in [2.24, 2.45) is 11.3 Å². The van der Waals surface area contributed by atoms with Crippen LogP contribution in [0.3, 0.4) is 0 Å². The second-order valence-electron chi connectivity index (χ2n) is 8.75. The average molecular weight is 312 g/mol. The standard InChI is InChI=1S/C19H37NO2/c1-15-10-18(12-19(2,3)11-15)22-14-17(21)13-20(4)16-8-6-5-7-9-16/h15-18,21H,5-14H2,1-4H3. The molecule has 0 spiro atoms. The van der Waals surface area contributed by atoms with E-state index in [9.17, 15) is 5.11 Å². The minimum Gasteiger partial charge on any atom is -0.389 e. The summed E-state index contributed by atoms with van der Waals surface area (Å²) in [5.74, 6) is 0.732. The fourth-order valence-corrected chi connectivity index (χ4v) is 4.69. The molecule has 0 aromatic heterocycles. The monoisotopic (exact) mass is 311 g/mol. The van der Waals surface area contributed by atoms with Gasteiger partial charge >= 0.3 is 0 Å². The van der Waals surface area contributed by atoms with Crippen LogP contribution in [-0.4, -0.2) is 48.5 Å². The maximum atomic E-state index is 10.3. The molecule has 0 radical (unpaired) electrons. The summed E-state index contributed by atoms with van der Waals surface area (Å²) in [5.41, 5.74) is 0.381. The Hall–Kier alpha value is -0.120. The zero-order chi connectivity index (χ0) is 16.2. The third-order valence-corrected chi connectivity index (χ3v) is 5.57. The molecule has 0 aromatic carbocycles. The molecule has 130 valence electrons. The Morgan fingerprint density at radius 2 is 1.86 bits per heavy atom. The Morgan fingerprint density at radius 1 is 1.18 bits per heavy atom. The first-order valence-corrected chi connectivity index (χ1v) is 9.35. The van der Waals surface area contributed by atoms with Gasteiger partial charge in [0.1, 0.15) is 0 Å². The van der Waals surface area contributed by atoms with Crippen molar-refractivity contribution < 1.29 is 9.84 Å².